The number of rotatable bonds is 3. The van der Waals surface area contributed by atoms with E-state index in [0.717, 1.165) is 0 Å². The van der Waals surface area contributed by atoms with Crippen molar-refractivity contribution in [2.24, 2.45) is 0 Å². The zero-order valence-electron chi connectivity index (χ0n) is 9.47. The number of alkyl halides is 3. The zero-order valence-corrected chi connectivity index (χ0v) is 15.2. The van der Waals surface area contributed by atoms with Crippen LogP contribution in [-0.4, -0.2) is 17.9 Å². The molecule has 0 aliphatic carbocycles. The fraction of sp³-hybridized carbons (Fsp3) is 0.778. The average molecular weight is 363 g/mol. The van der Waals surface area contributed by atoms with Crippen LogP contribution in [0.1, 0.15) is 20.8 Å². The van der Waals surface area contributed by atoms with Gasteiger partial charge in [-0.05, 0) is 0 Å². The molecule has 0 unspecified atom stereocenters. The van der Waals surface area contributed by atoms with Crippen molar-refractivity contribution in [2.75, 3.05) is 0 Å². The number of halogens is 6. The van der Waals surface area contributed by atoms with Gasteiger partial charge in [0.2, 0.25) is 3.79 Å². The molecule has 0 saturated heterocycles. The molecule has 0 N–H and O–H groups in total. The third-order valence-electron chi connectivity index (χ3n) is 2.15. The highest BCUT2D eigenvalue weighted by atomic mass is 35.6. The summed E-state index contributed by atoms with van der Waals surface area (Å²) in [5.41, 5.74) is 0. The minimum atomic E-state index is -1.72. The Hall–Kier alpha value is 2.01. The van der Waals surface area contributed by atoms with Crippen molar-refractivity contribution in [3.8, 4) is 0 Å². The van der Waals surface area contributed by atoms with Crippen molar-refractivity contribution in [1.29, 1.82) is 0 Å². The first-order chi connectivity index (χ1) is 7.20. The van der Waals surface area contributed by atoms with Gasteiger partial charge in [-0.25, -0.2) is 0 Å². The molecule has 0 aromatic carbocycles. The molecule has 0 aliphatic heterocycles. The molecule has 7 heteroatoms. The van der Waals surface area contributed by atoms with Gasteiger partial charge in [-0.2, -0.15) is 0 Å². The van der Waals surface area contributed by atoms with Gasteiger partial charge in [0.25, 0.3) is 14.1 Å². The monoisotopic (exact) mass is 360 g/mol. The molecule has 16 heavy (non-hydrogen) atoms. The van der Waals surface area contributed by atoms with E-state index in [4.69, 9.17) is 69.6 Å². The Balaban J connectivity index is 0. The van der Waals surface area contributed by atoms with Crippen LogP contribution < -0.4 is 0 Å². The first-order valence-electron chi connectivity index (χ1n) is 4.98. The van der Waals surface area contributed by atoms with Gasteiger partial charge in [0, 0.05) is 0 Å². The Morgan fingerprint density at radius 1 is 0.875 bits per heavy atom. The van der Waals surface area contributed by atoms with Crippen molar-refractivity contribution in [1.82, 2.24) is 0 Å². The molecule has 0 amide bonds. The van der Waals surface area contributed by atoms with Crippen LogP contribution in [0.25, 0.3) is 0 Å². The smallest absolute Gasteiger partial charge is 0.0967 e. The number of hydrogen-bond acceptors (Lipinski definition) is 0. The van der Waals surface area contributed by atoms with Crippen LogP contribution in [0.15, 0.2) is 9.52 Å². The van der Waals surface area contributed by atoms with Gasteiger partial charge < -0.3 is 0 Å². The van der Waals surface area contributed by atoms with E-state index in [-0.39, 0.29) is 23.7 Å². The van der Waals surface area contributed by atoms with Crippen LogP contribution in [0, 0.1) is 0 Å². The standard InChI is InChI=1S/C3Cl6.3C2H5.Al/c4-1(2(5)6)3(7,8)9;3*1-2;/h;3*1H2,2H3;. The topological polar surface area (TPSA) is 0 Å². The molecule has 0 aromatic rings. The van der Waals surface area contributed by atoms with Crippen molar-refractivity contribution in [3.05, 3.63) is 9.52 Å². The van der Waals surface area contributed by atoms with E-state index in [2.05, 4.69) is 20.8 Å². The van der Waals surface area contributed by atoms with E-state index in [0.29, 0.717) is 0 Å². The molecule has 0 heterocycles. The summed E-state index contributed by atoms with van der Waals surface area (Å²) >= 11 is 31.2. The quantitative estimate of drug-likeness (QED) is 0.383. The van der Waals surface area contributed by atoms with E-state index in [1.54, 1.807) is 0 Å². The first-order valence-corrected chi connectivity index (χ1v) is 9.70. The fourth-order valence-electron chi connectivity index (χ4n) is 0.973. The molecular formula is C9H15AlCl6. The minimum Gasteiger partial charge on any atom is -0.0967 e. The molecule has 0 rings (SSSR count). The second kappa shape index (κ2) is 10.9. The largest absolute Gasteiger partial charge is 0.261 e. The summed E-state index contributed by atoms with van der Waals surface area (Å²) in [5.74, 6) is 0. The SMILES string of the molecule is C[CH2][Al]([CH2]C)[CH2]C.ClC(Cl)=C(Cl)C(Cl)(Cl)Cl. The van der Waals surface area contributed by atoms with Crippen LogP contribution in [0.5, 0.6) is 0 Å². The molecule has 0 radical (unpaired) electrons. The predicted octanol–water partition coefficient (Wildman–Crippen LogP) is 6.78. The molecule has 0 bridgehead atoms. The first kappa shape index (κ1) is 20.3. The highest BCUT2D eigenvalue weighted by molar-refractivity contribution is 6.75. The molecule has 0 fully saturated rings. The maximum atomic E-state index is 5.31. The lowest BCUT2D eigenvalue weighted by Crippen LogP contribution is -2.04. The Labute approximate surface area is 133 Å². The number of allylic oxidation sites excluding steroid dienone is 1. The van der Waals surface area contributed by atoms with Gasteiger partial charge in [0.15, 0.2) is 0 Å². The Bertz CT molecular complexity index is 197. The molecule has 0 spiro atoms. The van der Waals surface area contributed by atoms with Gasteiger partial charge in [-0.15, -0.1) is 0 Å². The molecule has 0 aliphatic rings. The third-order valence-corrected chi connectivity index (χ3v) is 7.51. The van der Waals surface area contributed by atoms with Crippen LogP contribution in [0.3, 0.4) is 0 Å². The maximum Gasteiger partial charge on any atom is 0.261 e. The van der Waals surface area contributed by atoms with Crippen molar-refractivity contribution >= 4 is 83.8 Å². The highest BCUT2D eigenvalue weighted by Crippen LogP contribution is 2.40. The lowest BCUT2D eigenvalue weighted by atomic mass is 10.7. The summed E-state index contributed by atoms with van der Waals surface area (Å²) in [6.07, 6.45) is 0. The highest BCUT2D eigenvalue weighted by Gasteiger charge is 2.26. The summed E-state index contributed by atoms with van der Waals surface area (Å²) in [5, 5.41) is 4.28. The van der Waals surface area contributed by atoms with Gasteiger partial charge >= 0.3 is 0 Å². The van der Waals surface area contributed by atoms with E-state index >= 15 is 0 Å². The third kappa shape index (κ3) is 11.1. The molecule has 0 aromatic heterocycles. The van der Waals surface area contributed by atoms with Crippen LogP contribution >= 0.6 is 69.6 Å². The normalized spacial score (nSPS) is 10.3. The summed E-state index contributed by atoms with van der Waals surface area (Å²) in [6.45, 7) is 6.97. The van der Waals surface area contributed by atoms with Crippen molar-refractivity contribution in [3.63, 3.8) is 0 Å². The van der Waals surface area contributed by atoms with E-state index in [9.17, 15) is 0 Å². The van der Waals surface area contributed by atoms with E-state index < -0.39 is 3.79 Å². The van der Waals surface area contributed by atoms with Gasteiger partial charge in [-0.1, -0.05) is 106 Å². The molecule has 0 nitrogen and oxygen atoms in total. The predicted molar refractivity (Wildman–Crippen MR) is 82.1 cm³/mol. The minimum absolute atomic E-state index is 0.171. The lowest BCUT2D eigenvalue weighted by molar-refractivity contribution is 1.24. The second-order valence-electron chi connectivity index (χ2n) is 3.16. The Morgan fingerprint density at radius 3 is 1.19 bits per heavy atom. The summed E-state index contributed by atoms with van der Waals surface area (Å²) in [4.78, 5) is 0. The molecular weight excluding hydrogens is 348 g/mol. The summed E-state index contributed by atoms with van der Waals surface area (Å²) in [6, 6.07) is 0. The number of hydrogen-bond donors (Lipinski definition) is 0. The van der Waals surface area contributed by atoms with E-state index in [1.807, 2.05) is 0 Å². The van der Waals surface area contributed by atoms with Crippen molar-refractivity contribution < 1.29 is 0 Å². The van der Waals surface area contributed by atoms with Crippen molar-refractivity contribution in [2.45, 2.75) is 40.4 Å². The Kier molecular flexibility index (Phi) is 13.8. The zero-order chi connectivity index (χ0) is 13.4. The van der Waals surface area contributed by atoms with Gasteiger partial charge in [-0.3, -0.25) is 0 Å². The maximum absolute atomic E-state index is 5.31. The molecule has 0 saturated carbocycles. The average Bonchev–Trinajstić information content (AvgIpc) is 2.19. The second-order valence-corrected chi connectivity index (χ2v) is 11.0. The van der Waals surface area contributed by atoms with E-state index in [1.165, 1.54) is 15.8 Å². The summed E-state index contributed by atoms with van der Waals surface area (Å²) < 4.78 is -1.96. The Morgan fingerprint density at radius 2 is 1.19 bits per heavy atom. The van der Waals surface area contributed by atoms with Gasteiger partial charge in [0.05, 0.1) is 5.03 Å². The van der Waals surface area contributed by atoms with Crippen LogP contribution in [0.2, 0.25) is 15.8 Å². The fourth-order valence-corrected chi connectivity index (χ4v) is 3.56. The van der Waals surface area contributed by atoms with Crippen LogP contribution in [0.4, 0.5) is 0 Å². The lowest BCUT2D eigenvalue weighted by Gasteiger charge is -2.07. The summed E-state index contributed by atoms with van der Waals surface area (Å²) in [7, 11) is 0. The van der Waals surface area contributed by atoms with Crippen LogP contribution in [-0.2, 0) is 0 Å². The molecule has 0 atom stereocenters. The van der Waals surface area contributed by atoms with Gasteiger partial charge in [0.1, 0.15) is 4.49 Å². The molecule has 96 valence electrons.